The quantitative estimate of drug-likeness (QED) is 0.616. The molecular weight excluding hydrogens is 149 g/mol. The normalized spacial score (nSPS) is 9.30. The third kappa shape index (κ3) is 1.30. The van der Waals surface area contributed by atoms with Crippen molar-refractivity contribution in [3.8, 4) is 0 Å². The second-order valence-corrected chi connectivity index (χ2v) is 2.21. The third-order valence-electron chi connectivity index (χ3n) is 1.12. The molecule has 0 radical (unpaired) electrons. The van der Waals surface area contributed by atoms with E-state index in [4.69, 9.17) is 12.2 Å². The highest BCUT2D eigenvalue weighted by Gasteiger charge is 1.91. The Hall–Kier alpha value is -0.960. The molecule has 0 aromatic carbocycles. The fourth-order valence-corrected chi connectivity index (χ4v) is 0.826. The number of hydrogen-bond acceptors (Lipinski definition) is 1. The molecule has 1 nitrogen and oxygen atoms in total. The Kier molecular flexibility index (Phi) is 1.97. The maximum absolute atomic E-state index is 12.4. The number of halogens is 1. The molecule has 0 saturated carbocycles. The summed E-state index contributed by atoms with van der Waals surface area (Å²) >= 11 is 4.82. The van der Waals surface area contributed by atoms with Gasteiger partial charge in [0.25, 0.3) is 0 Å². The topological polar surface area (TPSA) is 15.8 Å². The predicted octanol–water partition coefficient (Wildman–Crippen LogP) is 2.53. The summed E-state index contributed by atoms with van der Waals surface area (Å²) in [6, 6.07) is 1.34. The Morgan fingerprint density at radius 2 is 2.40 bits per heavy atom. The van der Waals surface area contributed by atoms with Crippen molar-refractivity contribution in [2.24, 2.45) is 0 Å². The minimum atomic E-state index is -0.330. The van der Waals surface area contributed by atoms with Crippen LogP contribution in [0.4, 0.5) is 4.39 Å². The lowest BCUT2D eigenvalue weighted by molar-refractivity contribution is 0.620. The molecular formula is C7H6FNS. The van der Waals surface area contributed by atoms with Gasteiger partial charge in [0.05, 0.1) is 0 Å². The van der Waals surface area contributed by atoms with Crippen LogP contribution in [-0.2, 0) is 0 Å². The maximum Gasteiger partial charge on any atom is 0.139 e. The number of H-pyrrole nitrogens is 1. The van der Waals surface area contributed by atoms with E-state index in [1.165, 1.54) is 18.3 Å². The molecule has 0 atom stereocenters. The zero-order valence-electron chi connectivity index (χ0n) is 5.23. The van der Waals surface area contributed by atoms with Gasteiger partial charge < -0.3 is 4.98 Å². The average Bonchev–Trinajstić information content (AvgIpc) is 1.94. The van der Waals surface area contributed by atoms with E-state index in [9.17, 15) is 4.39 Å². The summed E-state index contributed by atoms with van der Waals surface area (Å²) in [5.74, 6) is -0.330. The van der Waals surface area contributed by atoms with Crippen LogP contribution < -0.4 is 0 Å². The summed E-state index contributed by atoms with van der Waals surface area (Å²) < 4.78 is 12.9. The highest BCUT2D eigenvalue weighted by atomic mass is 32.1. The monoisotopic (exact) mass is 155 g/mol. The summed E-state index contributed by atoms with van der Waals surface area (Å²) in [6.07, 6.45) is 2.73. The van der Waals surface area contributed by atoms with Gasteiger partial charge in [-0.1, -0.05) is 24.9 Å². The predicted molar refractivity (Wildman–Crippen MR) is 41.7 cm³/mol. The van der Waals surface area contributed by atoms with Crippen molar-refractivity contribution in [1.82, 2.24) is 4.98 Å². The lowest BCUT2D eigenvalue weighted by Crippen LogP contribution is -1.82. The fourth-order valence-electron chi connectivity index (χ4n) is 0.625. The number of aromatic amines is 1. The number of aromatic nitrogens is 1. The van der Waals surface area contributed by atoms with Crippen LogP contribution in [0.15, 0.2) is 18.8 Å². The summed E-state index contributed by atoms with van der Waals surface area (Å²) in [5.41, 5.74) is 0.620. The minimum Gasteiger partial charge on any atom is -0.350 e. The van der Waals surface area contributed by atoms with Gasteiger partial charge in [-0.3, -0.25) is 0 Å². The molecule has 1 rings (SSSR count). The molecule has 0 unspecified atom stereocenters. The molecule has 0 spiro atoms. The molecule has 1 N–H and O–H groups in total. The summed E-state index contributed by atoms with van der Waals surface area (Å²) in [4.78, 5) is 2.59. The smallest absolute Gasteiger partial charge is 0.139 e. The van der Waals surface area contributed by atoms with E-state index in [-0.39, 0.29) is 5.82 Å². The minimum absolute atomic E-state index is 0.330. The van der Waals surface area contributed by atoms with E-state index in [1.54, 1.807) is 0 Å². The number of nitrogens with one attached hydrogen (secondary N) is 1. The van der Waals surface area contributed by atoms with Gasteiger partial charge in [-0.05, 0) is 6.07 Å². The van der Waals surface area contributed by atoms with Crippen LogP contribution >= 0.6 is 12.2 Å². The van der Waals surface area contributed by atoms with Gasteiger partial charge in [-0.25, -0.2) is 4.39 Å². The lowest BCUT2D eigenvalue weighted by Gasteiger charge is -1.91. The van der Waals surface area contributed by atoms with E-state index < -0.39 is 0 Å². The van der Waals surface area contributed by atoms with Crippen molar-refractivity contribution in [3.05, 3.63) is 34.9 Å². The van der Waals surface area contributed by atoms with E-state index in [2.05, 4.69) is 11.6 Å². The second-order valence-electron chi connectivity index (χ2n) is 1.81. The standard InChI is InChI=1S/C7H6FNS/c1-2-5-3-6(8)4-9-7(5)10/h2-4H,1H2,(H,9,10). The maximum atomic E-state index is 12.4. The highest BCUT2D eigenvalue weighted by Crippen LogP contribution is 2.03. The molecule has 1 aromatic rings. The Morgan fingerprint density at radius 3 is 2.90 bits per heavy atom. The van der Waals surface area contributed by atoms with Crippen LogP contribution in [0.5, 0.6) is 0 Å². The first-order chi connectivity index (χ1) is 4.74. The Balaban J connectivity index is 3.35. The molecule has 1 aromatic heterocycles. The molecule has 10 heavy (non-hydrogen) atoms. The average molecular weight is 155 g/mol. The molecule has 1 heterocycles. The van der Waals surface area contributed by atoms with Crippen LogP contribution in [0.3, 0.4) is 0 Å². The highest BCUT2D eigenvalue weighted by molar-refractivity contribution is 7.71. The van der Waals surface area contributed by atoms with Crippen molar-refractivity contribution in [2.75, 3.05) is 0 Å². The third-order valence-corrected chi connectivity index (χ3v) is 1.47. The molecule has 52 valence electrons. The lowest BCUT2D eigenvalue weighted by atomic mass is 10.3. The van der Waals surface area contributed by atoms with Crippen LogP contribution in [0.2, 0.25) is 0 Å². The molecule has 0 amide bonds. The molecule has 3 heteroatoms. The molecule has 0 fully saturated rings. The second kappa shape index (κ2) is 2.75. The van der Waals surface area contributed by atoms with E-state index in [0.717, 1.165) is 0 Å². The Bertz CT molecular complexity index is 303. The van der Waals surface area contributed by atoms with Crippen molar-refractivity contribution < 1.29 is 4.39 Å². The van der Waals surface area contributed by atoms with Gasteiger partial charge in [0, 0.05) is 11.8 Å². The van der Waals surface area contributed by atoms with Gasteiger partial charge in [-0.2, -0.15) is 0 Å². The van der Waals surface area contributed by atoms with Crippen molar-refractivity contribution >= 4 is 18.3 Å². The first-order valence-electron chi connectivity index (χ1n) is 2.74. The van der Waals surface area contributed by atoms with Gasteiger partial charge in [-0.15, -0.1) is 0 Å². The zero-order chi connectivity index (χ0) is 7.56. The van der Waals surface area contributed by atoms with Gasteiger partial charge in [0.2, 0.25) is 0 Å². The van der Waals surface area contributed by atoms with Crippen LogP contribution in [0, 0.1) is 10.5 Å². The first-order valence-corrected chi connectivity index (χ1v) is 3.15. The van der Waals surface area contributed by atoms with Gasteiger partial charge in [0.1, 0.15) is 10.5 Å². The SMILES string of the molecule is C=Cc1cc(F)c[nH]c1=S. The van der Waals surface area contributed by atoms with Crippen molar-refractivity contribution in [1.29, 1.82) is 0 Å². The van der Waals surface area contributed by atoms with Crippen LogP contribution in [0.1, 0.15) is 5.56 Å². The Morgan fingerprint density at radius 1 is 1.70 bits per heavy atom. The zero-order valence-corrected chi connectivity index (χ0v) is 6.04. The van der Waals surface area contributed by atoms with Gasteiger partial charge >= 0.3 is 0 Å². The largest absolute Gasteiger partial charge is 0.350 e. The van der Waals surface area contributed by atoms with E-state index >= 15 is 0 Å². The summed E-state index contributed by atoms with van der Waals surface area (Å²) in [7, 11) is 0. The van der Waals surface area contributed by atoms with E-state index in [1.807, 2.05) is 0 Å². The van der Waals surface area contributed by atoms with Crippen molar-refractivity contribution in [2.45, 2.75) is 0 Å². The molecule has 0 saturated heterocycles. The number of hydrogen-bond donors (Lipinski definition) is 1. The van der Waals surface area contributed by atoms with Crippen LogP contribution in [-0.4, -0.2) is 4.98 Å². The van der Waals surface area contributed by atoms with E-state index in [0.29, 0.717) is 10.2 Å². The molecule has 0 bridgehead atoms. The number of rotatable bonds is 1. The first kappa shape index (κ1) is 7.15. The Labute approximate surface area is 63.2 Å². The summed E-state index contributed by atoms with van der Waals surface area (Å²) in [5, 5.41) is 0. The molecule has 0 aliphatic carbocycles. The molecule has 0 aliphatic rings. The van der Waals surface area contributed by atoms with Crippen molar-refractivity contribution in [3.63, 3.8) is 0 Å². The fraction of sp³-hybridized carbons (Fsp3) is 0. The summed E-state index contributed by atoms with van der Waals surface area (Å²) in [6.45, 7) is 3.48. The molecule has 0 aliphatic heterocycles. The van der Waals surface area contributed by atoms with Gasteiger partial charge in [0.15, 0.2) is 0 Å². The van der Waals surface area contributed by atoms with Crippen LogP contribution in [0.25, 0.3) is 6.08 Å². The number of pyridine rings is 1.